The zero-order valence-electron chi connectivity index (χ0n) is 16.2. The van der Waals surface area contributed by atoms with E-state index in [2.05, 4.69) is 5.32 Å². The van der Waals surface area contributed by atoms with E-state index in [4.69, 9.17) is 0 Å². The molecule has 3 rings (SSSR count). The summed E-state index contributed by atoms with van der Waals surface area (Å²) >= 11 is 0. The molecule has 0 saturated carbocycles. The molecular weight excluding hydrogens is 410 g/mol. The van der Waals surface area contributed by atoms with Gasteiger partial charge >= 0.3 is 0 Å². The van der Waals surface area contributed by atoms with E-state index in [0.717, 1.165) is 6.26 Å². The third-order valence-corrected chi connectivity index (χ3v) is 5.60. The second-order valence-electron chi connectivity index (χ2n) is 6.72. The van der Waals surface area contributed by atoms with Crippen LogP contribution in [0.2, 0.25) is 0 Å². The van der Waals surface area contributed by atoms with Gasteiger partial charge in [-0.25, -0.2) is 17.2 Å². The fourth-order valence-corrected chi connectivity index (χ4v) is 3.74. The Morgan fingerprint density at radius 3 is 2.17 bits per heavy atom. The third-order valence-electron chi connectivity index (χ3n) is 4.45. The highest BCUT2D eigenvalue weighted by atomic mass is 32.2. The Balaban J connectivity index is 1.73. The minimum absolute atomic E-state index is 0.0257. The molecule has 3 aromatic rings. The van der Waals surface area contributed by atoms with Crippen molar-refractivity contribution in [3.63, 3.8) is 0 Å². The van der Waals surface area contributed by atoms with Gasteiger partial charge in [0.15, 0.2) is 0 Å². The van der Waals surface area contributed by atoms with Crippen molar-refractivity contribution < 1.29 is 22.0 Å². The van der Waals surface area contributed by atoms with Crippen LogP contribution in [-0.4, -0.2) is 20.6 Å². The summed E-state index contributed by atoms with van der Waals surface area (Å²) in [5.74, 6) is -1.22. The number of sulfonamides is 1. The number of hydrogen-bond acceptors (Lipinski definition) is 3. The van der Waals surface area contributed by atoms with Gasteiger partial charge in [0.1, 0.15) is 11.6 Å². The van der Waals surface area contributed by atoms with Crippen LogP contribution in [-0.2, 0) is 23.1 Å². The fraction of sp³-hybridized carbons (Fsp3) is 0.136. The molecule has 0 spiro atoms. The maximum Gasteiger partial charge on any atom is 0.251 e. The van der Waals surface area contributed by atoms with E-state index >= 15 is 0 Å². The first-order valence-corrected chi connectivity index (χ1v) is 10.9. The van der Waals surface area contributed by atoms with E-state index in [1.54, 1.807) is 18.2 Å². The highest BCUT2D eigenvalue weighted by Crippen LogP contribution is 2.21. The molecule has 0 unspecified atom stereocenters. The van der Waals surface area contributed by atoms with Gasteiger partial charge in [0.25, 0.3) is 5.91 Å². The number of halogens is 2. The van der Waals surface area contributed by atoms with Gasteiger partial charge in [-0.2, -0.15) is 0 Å². The van der Waals surface area contributed by atoms with Gasteiger partial charge in [0.2, 0.25) is 10.0 Å². The summed E-state index contributed by atoms with van der Waals surface area (Å²) in [4.78, 5) is 12.3. The standard InChI is InChI=1S/C22H20F2N2O3S/c1-30(28,29)26(15-16-6-10-19(23)11-7-16)20-12-8-17(9-13-20)22(27)25-14-18-4-2-3-5-21(18)24/h2-13H,14-15H2,1H3,(H,25,27). The lowest BCUT2D eigenvalue weighted by atomic mass is 10.1. The molecule has 5 nitrogen and oxygen atoms in total. The lowest BCUT2D eigenvalue weighted by molar-refractivity contribution is 0.0950. The number of benzene rings is 3. The SMILES string of the molecule is CS(=O)(=O)N(Cc1ccc(F)cc1)c1ccc(C(=O)NCc2ccccc2F)cc1. The maximum atomic E-state index is 13.7. The molecule has 0 atom stereocenters. The van der Waals surface area contributed by atoms with Crippen LogP contribution >= 0.6 is 0 Å². The minimum Gasteiger partial charge on any atom is -0.348 e. The quantitative estimate of drug-likeness (QED) is 0.619. The van der Waals surface area contributed by atoms with Crippen molar-refractivity contribution in [1.82, 2.24) is 5.32 Å². The molecule has 156 valence electrons. The molecule has 0 saturated heterocycles. The van der Waals surface area contributed by atoms with Crippen LogP contribution in [0.3, 0.4) is 0 Å². The number of amides is 1. The van der Waals surface area contributed by atoms with Crippen molar-refractivity contribution >= 4 is 21.6 Å². The molecule has 0 bridgehead atoms. The van der Waals surface area contributed by atoms with Gasteiger partial charge < -0.3 is 5.32 Å². The van der Waals surface area contributed by atoms with Crippen molar-refractivity contribution in [2.75, 3.05) is 10.6 Å². The molecule has 0 aliphatic heterocycles. The predicted molar refractivity (Wildman–Crippen MR) is 111 cm³/mol. The number of anilines is 1. The van der Waals surface area contributed by atoms with E-state index in [1.807, 2.05) is 0 Å². The zero-order valence-corrected chi connectivity index (χ0v) is 17.0. The van der Waals surface area contributed by atoms with Gasteiger partial charge in [-0.3, -0.25) is 9.10 Å². The topological polar surface area (TPSA) is 66.5 Å². The van der Waals surface area contributed by atoms with E-state index in [1.165, 1.54) is 58.9 Å². The van der Waals surface area contributed by atoms with Gasteiger partial charge in [0.05, 0.1) is 18.5 Å². The Labute approximate surface area is 174 Å². The average Bonchev–Trinajstić information content (AvgIpc) is 2.72. The summed E-state index contributed by atoms with van der Waals surface area (Å²) in [5.41, 5.74) is 1.66. The van der Waals surface area contributed by atoms with Gasteiger partial charge in [0, 0.05) is 17.7 Å². The summed E-state index contributed by atoms with van der Waals surface area (Å²) in [5, 5.41) is 2.63. The first-order valence-electron chi connectivity index (χ1n) is 9.08. The Kier molecular flexibility index (Phi) is 6.47. The summed E-state index contributed by atoms with van der Waals surface area (Å²) in [6.07, 6.45) is 1.07. The lowest BCUT2D eigenvalue weighted by Crippen LogP contribution is -2.29. The fourth-order valence-electron chi connectivity index (χ4n) is 2.85. The molecule has 1 amide bonds. The van der Waals surface area contributed by atoms with Crippen LogP contribution in [0.5, 0.6) is 0 Å². The van der Waals surface area contributed by atoms with Crippen LogP contribution in [0.1, 0.15) is 21.5 Å². The average molecular weight is 430 g/mol. The van der Waals surface area contributed by atoms with Gasteiger partial charge in [-0.05, 0) is 48.0 Å². The highest BCUT2D eigenvalue weighted by Gasteiger charge is 2.18. The van der Waals surface area contributed by atoms with Crippen LogP contribution in [0, 0.1) is 11.6 Å². The molecule has 8 heteroatoms. The van der Waals surface area contributed by atoms with Crippen molar-refractivity contribution in [1.29, 1.82) is 0 Å². The summed E-state index contributed by atoms with van der Waals surface area (Å²) in [6, 6.07) is 17.7. The van der Waals surface area contributed by atoms with Crippen LogP contribution in [0.25, 0.3) is 0 Å². The smallest absolute Gasteiger partial charge is 0.251 e. The van der Waals surface area contributed by atoms with Gasteiger partial charge in [-0.15, -0.1) is 0 Å². The minimum atomic E-state index is -3.61. The van der Waals surface area contributed by atoms with Crippen LogP contribution < -0.4 is 9.62 Å². The van der Waals surface area contributed by atoms with E-state index in [9.17, 15) is 22.0 Å². The lowest BCUT2D eigenvalue weighted by Gasteiger charge is -2.22. The normalized spacial score (nSPS) is 11.2. The van der Waals surface area contributed by atoms with Crippen molar-refractivity contribution in [3.8, 4) is 0 Å². The molecule has 0 heterocycles. The Bertz CT molecular complexity index is 1130. The van der Waals surface area contributed by atoms with Crippen molar-refractivity contribution in [2.45, 2.75) is 13.1 Å². The first kappa shape index (κ1) is 21.4. The number of nitrogens with one attached hydrogen (secondary N) is 1. The molecule has 0 aromatic heterocycles. The van der Waals surface area contributed by atoms with E-state index in [0.29, 0.717) is 22.4 Å². The molecule has 0 aliphatic rings. The van der Waals surface area contributed by atoms with Crippen LogP contribution in [0.4, 0.5) is 14.5 Å². The largest absolute Gasteiger partial charge is 0.348 e. The van der Waals surface area contributed by atoms with Crippen molar-refractivity contribution in [3.05, 3.63) is 101 Å². The summed E-state index contributed by atoms with van der Waals surface area (Å²) in [6.45, 7) is 0.0607. The Morgan fingerprint density at radius 2 is 1.57 bits per heavy atom. The highest BCUT2D eigenvalue weighted by molar-refractivity contribution is 7.92. The number of carbonyl (C=O) groups is 1. The zero-order chi connectivity index (χ0) is 21.7. The Hall–Kier alpha value is -3.26. The van der Waals surface area contributed by atoms with E-state index < -0.39 is 27.6 Å². The molecule has 3 aromatic carbocycles. The molecule has 0 fully saturated rings. The van der Waals surface area contributed by atoms with Gasteiger partial charge in [-0.1, -0.05) is 30.3 Å². The molecule has 30 heavy (non-hydrogen) atoms. The Morgan fingerprint density at radius 1 is 0.933 bits per heavy atom. The molecule has 0 aliphatic carbocycles. The predicted octanol–water partition coefficient (Wildman–Crippen LogP) is 3.86. The van der Waals surface area contributed by atoms with Crippen LogP contribution in [0.15, 0.2) is 72.8 Å². The number of nitrogens with zero attached hydrogens (tertiary/aromatic N) is 1. The molecular formula is C22H20F2N2O3S. The summed E-state index contributed by atoms with van der Waals surface area (Å²) < 4.78 is 52.4. The third kappa shape index (κ3) is 5.42. The monoisotopic (exact) mass is 430 g/mol. The maximum absolute atomic E-state index is 13.7. The van der Waals surface area contributed by atoms with E-state index in [-0.39, 0.29) is 13.1 Å². The second-order valence-corrected chi connectivity index (χ2v) is 8.62. The number of hydrogen-bond donors (Lipinski definition) is 1. The first-order chi connectivity index (χ1) is 14.2. The summed E-state index contributed by atoms with van der Waals surface area (Å²) in [7, 11) is -3.61. The molecule has 0 radical (unpaired) electrons. The number of rotatable bonds is 7. The van der Waals surface area contributed by atoms with Crippen molar-refractivity contribution in [2.24, 2.45) is 0 Å². The number of carbonyl (C=O) groups excluding carboxylic acids is 1. The molecule has 1 N–H and O–H groups in total. The second kappa shape index (κ2) is 9.04.